The van der Waals surface area contributed by atoms with E-state index in [1.54, 1.807) is 0 Å². The zero-order valence-corrected chi connectivity index (χ0v) is 31.7. The highest BCUT2D eigenvalue weighted by molar-refractivity contribution is 6.08. The number of anilines is 3. The highest BCUT2D eigenvalue weighted by Gasteiger charge is 2.17. The van der Waals surface area contributed by atoms with Crippen LogP contribution in [-0.4, -0.2) is 0 Å². The van der Waals surface area contributed by atoms with Crippen molar-refractivity contribution in [3.05, 3.63) is 224 Å². The summed E-state index contributed by atoms with van der Waals surface area (Å²) < 4.78 is 6.28. The number of fused-ring (bicyclic) bond motifs is 5. The number of benzene rings is 10. The zero-order valence-electron chi connectivity index (χ0n) is 31.7. The Labute approximate surface area is 337 Å². The molecule has 0 aliphatic carbocycles. The Kier molecular flexibility index (Phi) is 8.19. The highest BCUT2D eigenvalue weighted by atomic mass is 16.3. The van der Waals surface area contributed by atoms with E-state index in [-0.39, 0.29) is 0 Å². The van der Waals surface area contributed by atoms with Crippen LogP contribution >= 0.6 is 0 Å². The van der Waals surface area contributed by atoms with Gasteiger partial charge in [-0.3, -0.25) is 0 Å². The minimum Gasteiger partial charge on any atom is -0.456 e. The van der Waals surface area contributed by atoms with Gasteiger partial charge in [0.2, 0.25) is 0 Å². The summed E-state index contributed by atoms with van der Waals surface area (Å²) in [7, 11) is 0. The molecule has 58 heavy (non-hydrogen) atoms. The van der Waals surface area contributed by atoms with E-state index >= 15 is 0 Å². The Morgan fingerprint density at radius 1 is 0.293 bits per heavy atom. The molecule has 11 aromatic rings. The summed E-state index contributed by atoms with van der Waals surface area (Å²) in [5.41, 5.74) is 12.4. The van der Waals surface area contributed by atoms with Crippen molar-refractivity contribution in [3.63, 3.8) is 0 Å². The summed E-state index contributed by atoms with van der Waals surface area (Å²) in [6.45, 7) is 0. The molecule has 0 unspecified atom stereocenters. The van der Waals surface area contributed by atoms with Crippen LogP contribution in [0.2, 0.25) is 0 Å². The fourth-order valence-corrected chi connectivity index (χ4v) is 8.54. The van der Waals surface area contributed by atoms with Gasteiger partial charge in [-0.1, -0.05) is 176 Å². The normalized spacial score (nSPS) is 11.4. The molecule has 1 aromatic heterocycles. The Balaban J connectivity index is 0.923. The lowest BCUT2D eigenvalue weighted by atomic mass is 9.95. The van der Waals surface area contributed by atoms with Crippen molar-refractivity contribution >= 4 is 60.3 Å². The van der Waals surface area contributed by atoms with Crippen molar-refractivity contribution < 1.29 is 4.42 Å². The van der Waals surface area contributed by atoms with Crippen molar-refractivity contribution in [3.8, 4) is 44.7 Å². The molecule has 0 radical (unpaired) electrons. The van der Waals surface area contributed by atoms with Crippen LogP contribution in [0.3, 0.4) is 0 Å². The third kappa shape index (κ3) is 6.00. The molecule has 0 aliphatic heterocycles. The summed E-state index contributed by atoms with van der Waals surface area (Å²) in [6, 6.07) is 80.7. The van der Waals surface area contributed by atoms with Crippen molar-refractivity contribution in [2.45, 2.75) is 0 Å². The Bertz CT molecular complexity index is 3230. The van der Waals surface area contributed by atoms with Gasteiger partial charge in [0, 0.05) is 27.7 Å². The highest BCUT2D eigenvalue weighted by Crippen LogP contribution is 2.41. The van der Waals surface area contributed by atoms with Gasteiger partial charge in [0.05, 0.1) is 5.69 Å². The molecule has 2 nitrogen and oxygen atoms in total. The van der Waals surface area contributed by atoms with E-state index in [4.69, 9.17) is 4.42 Å². The van der Waals surface area contributed by atoms with Crippen LogP contribution in [0.15, 0.2) is 229 Å². The van der Waals surface area contributed by atoms with Gasteiger partial charge in [-0.15, -0.1) is 0 Å². The lowest BCUT2D eigenvalue weighted by Gasteiger charge is -2.27. The number of para-hydroxylation sites is 1. The van der Waals surface area contributed by atoms with Crippen LogP contribution in [0.5, 0.6) is 0 Å². The average molecular weight is 740 g/mol. The van der Waals surface area contributed by atoms with Gasteiger partial charge in [0.25, 0.3) is 0 Å². The molecule has 0 aliphatic rings. The quantitative estimate of drug-likeness (QED) is 0.151. The number of rotatable bonds is 7. The minimum atomic E-state index is 0.879. The van der Waals surface area contributed by atoms with E-state index in [0.29, 0.717) is 0 Å². The maximum absolute atomic E-state index is 6.28. The van der Waals surface area contributed by atoms with E-state index in [0.717, 1.165) is 56.0 Å². The van der Waals surface area contributed by atoms with Crippen LogP contribution in [0, 0.1) is 0 Å². The first-order valence-corrected chi connectivity index (χ1v) is 19.8. The summed E-state index contributed by atoms with van der Waals surface area (Å²) in [5.74, 6) is 0.879. The van der Waals surface area contributed by atoms with E-state index in [1.165, 1.54) is 49.0 Å². The van der Waals surface area contributed by atoms with Gasteiger partial charge in [0.1, 0.15) is 11.3 Å². The third-order valence-electron chi connectivity index (χ3n) is 11.5. The predicted molar refractivity (Wildman–Crippen MR) is 245 cm³/mol. The van der Waals surface area contributed by atoms with Crippen LogP contribution in [0.1, 0.15) is 0 Å². The van der Waals surface area contributed by atoms with E-state index in [9.17, 15) is 0 Å². The average Bonchev–Trinajstić information content (AvgIpc) is 3.74. The van der Waals surface area contributed by atoms with E-state index in [2.05, 4.69) is 211 Å². The fraction of sp³-hybridized carbons (Fsp3) is 0. The molecule has 272 valence electrons. The number of furan rings is 1. The molecule has 0 saturated heterocycles. The van der Waals surface area contributed by atoms with Crippen LogP contribution < -0.4 is 4.90 Å². The Morgan fingerprint density at radius 2 is 0.793 bits per heavy atom. The fourth-order valence-electron chi connectivity index (χ4n) is 8.54. The van der Waals surface area contributed by atoms with Gasteiger partial charge >= 0.3 is 0 Å². The van der Waals surface area contributed by atoms with Gasteiger partial charge in [-0.05, 0) is 109 Å². The monoisotopic (exact) mass is 739 g/mol. The zero-order chi connectivity index (χ0) is 38.4. The van der Waals surface area contributed by atoms with Crippen molar-refractivity contribution in [1.29, 1.82) is 0 Å². The van der Waals surface area contributed by atoms with Gasteiger partial charge in [0.15, 0.2) is 0 Å². The molecule has 0 bridgehead atoms. The molecule has 0 amide bonds. The van der Waals surface area contributed by atoms with Crippen molar-refractivity contribution in [2.75, 3.05) is 4.90 Å². The van der Waals surface area contributed by atoms with Crippen LogP contribution in [-0.2, 0) is 0 Å². The molecule has 11 rings (SSSR count). The predicted octanol–water partition coefficient (Wildman–Crippen LogP) is 16.0. The van der Waals surface area contributed by atoms with Gasteiger partial charge < -0.3 is 9.32 Å². The summed E-state index contributed by atoms with van der Waals surface area (Å²) in [4.78, 5) is 2.38. The SMILES string of the molecule is c1ccc(-c2cc3ccccc3o2)c(-c2ccc(-c3ccc(N(c4ccc(-c5ccc6c(ccc7ccccc76)c5)cc4)c4cccc5ccccc45)cc3)cc2)c1. The standard InChI is InChI=1S/C56H37NO/c1-4-14-49-42(11-1)24-25-45-36-44(30-35-51(45)49)40-28-33-48(34-29-40)57(54-18-9-13-41-10-2-5-16-52(41)54)47-31-26-39(27-32-47)38-20-22-43(23-21-38)50-15-6-7-17-53(50)56-37-46-12-3-8-19-55(46)58-56/h1-37H. The first-order chi connectivity index (χ1) is 28.7. The molecule has 0 N–H and O–H groups in total. The van der Waals surface area contributed by atoms with Crippen LogP contribution in [0.4, 0.5) is 17.1 Å². The second-order valence-electron chi connectivity index (χ2n) is 14.9. The molecular formula is C56H37NO. The number of nitrogens with zero attached hydrogens (tertiary/aromatic N) is 1. The minimum absolute atomic E-state index is 0.879. The largest absolute Gasteiger partial charge is 0.456 e. The topological polar surface area (TPSA) is 16.4 Å². The van der Waals surface area contributed by atoms with Gasteiger partial charge in [-0.25, -0.2) is 0 Å². The molecule has 10 aromatic carbocycles. The van der Waals surface area contributed by atoms with Crippen LogP contribution in [0.25, 0.3) is 88.0 Å². The summed E-state index contributed by atoms with van der Waals surface area (Å²) >= 11 is 0. The lowest BCUT2D eigenvalue weighted by molar-refractivity contribution is 0.632. The molecule has 0 spiro atoms. The molecule has 2 heteroatoms. The van der Waals surface area contributed by atoms with Gasteiger partial charge in [-0.2, -0.15) is 0 Å². The molecule has 1 heterocycles. The number of hydrogen-bond acceptors (Lipinski definition) is 2. The second-order valence-corrected chi connectivity index (χ2v) is 14.9. The number of hydrogen-bond donors (Lipinski definition) is 0. The molecule has 0 atom stereocenters. The summed E-state index contributed by atoms with van der Waals surface area (Å²) in [6.07, 6.45) is 0. The Hall–Kier alpha value is -7.68. The second kappa shape index (κ2) is 14.1. The Morgan fingerprint density at radius 3 is 1.52 bits per heavy atom. The maximum atomic E-state index is 6.28. The third-order valence-corrected chi connectivity index (χ3v) is 11.5. The van der Waals surface area contributed by atoms with Crippen molar-refractivity contribution in [1.82, 2.24) is 0 Å². The first kappa shape index (κ1) is 33.6. The molecule has 0 fully saturated rings. The smallest absolute Gasteiger partial charge is 0.136 e. The lowest BCUT2D eigenvalue weighted by Crippen LogP contribution is -2.10. The molecule has 0 saturated carbocycles. The summed E-state index contributed by atoms with van der Waals surface area (Å²) in [5, 5.41) is 8.61. The molecular weight excluding hydrogens is 703 g/mol. The maximum Gasteiger partial charge on any atom is 0.136 e. The van der Waals surface area contributed by atoms with E-state index < -0.39 is 0 Å². The first-order valence-electron chi connectivity index (χ1n) is 19.8. The van der Waals surface area contributed by atoms with E-state index in [1.807, 2.05) is 18.2 Å². The van der Waals surface area contributed by atoms with Crippen molar-refractivity contribution in [2.24, 2.45) is 0 Å².